The van der Waals surface area contributed by atoms with Gasteiger partial charge in [-0.05, 0) is 20.1 Å². The summed E-state index contributed by atoms with van der Waals surface area (Å²) in [5, 5.41) is 14.5. The standard InChI is InChI=1S/C15H22N6OS3/c1-4-21(5-2)13(19-11-22)14-20-12(9-25-14)8-24-7-6-17-15(23-3)18-10-16/h9,11H,4-8H2,1-3H3,(H,17,18). The molecule has 1 heterocycles. The van der Waals surface area contributed by atoms with Gasteiger partial charge < -0.3 is 4.90 Å². The first-order valence-corrected chi connectivity index (χ1v) is 11.0. The van der Waals surface area contributed by atoms with E-state index in [4.69, 9.17) is 5.26 Å². The van der Waals surface area contributed by atoms with E-state index in [0.717, 1.165) is 35.3 Å². The van der Waals surface area contributed by atoms with Crippen molar-refractivity contribution in [2.75, 3.05) is 31.6 Å². The zero-order chi connectivity index (χ0) is 18.5. The van der Waals surface area contributed by atoms with E-state index in [1.54, 1.807) is 11.8 Å². The van der Waals surface area contributed by atoms with Gasteiger partial charge in [0.2, 0.25) is 6.41 Å². The number of aromatic nitrogens is 1. The molecule has 0 unspecified atom stereocenters. The molecule has 1 aromatic rings. The second kappa shape index (κ2) is 12.7. The van der Waals surface area contributed by atoms with E-state index in [9.17, 15) is 4.79 Å². The third kappa shape index (κ3) is 7.46. The molecule has 0 aliphatic carbocycles. The highest BCUT2D eigenvalue weighted by Crippen LogP contribution is 2.18. The Labute approximate surface area is 161 Å². The van der Waals surface area contributed by atoms with Gasteiger partial charge in [-0.2, -0.15) is 22.0 Å². The number of amides is 1. The zero-order valence-electron chi connectivity index (χ0n) is 14.6. The van der Waals surface area contributed by atoms with Gasteiger partial charge in [0.1, 0.15) is 0 Å². The third-order valence-electron chi connectivity index (χ3n) is 3.08. The summed E-state index contributed by atoms with van der Waals surface area (Å²) in [6.07, 6.45) is 4.32. The number of hydrogen-bond donors (Lipinski definition) is 1. The molecule has 0 aromatic carbocycles. The SMILES string of the molecule is CCN(CC)C(=NC=O)c1nc(CSCCN=C(NC#N)SC)cs1. The molecule has 1 aromatic heterocycles. The maximum Gasteiger partial charge on any atom is 0.234 e. The van der Waals surface area contributed by atoms with Crippen LogP contribution in [0.15, 0.2) is 15.4 Å². The molecule has 136 valence electrons. The molecule has 0 spiro atoms. The summed E-state index contributed by atoms with van der Waals surface area (Å²) in [7, 11) is 0. The van der Waals surface area contributed by atoms with Crippen molar-refractivity contribution in [2.24, 2.45) is 9.98 Å². The molecule has 0 radical (unpaired) electrons. The number of carbonyl (C=O) groups excluding carboxylic acids is 1. The van der Waals surface area contributed by atoms with Gasteiger partial charge in [-0.1, -0.05) is 11.8 Å². The molecule has 0 bridgehead atoms. The fourth-order valence-electron chi connectivity index (χ4n) is 1.91. The first kappa shape index (κ1) is 21.5. The number of thiazole rings is 1. The van der Waals surface area contributed by atoms with Gasteiger partial charge in [-0.15, -0.1) is 11.3 Å². The van der Waals surface area contributed by atoms with Crippen molar-refractivity contribution in [1.82, 2.24) is 15.2 Å². The van der Waals surface area contributed by atoms with Gasteiger partial charge in [0.15, 0.2) is 22.2 Å². The molecular formula is C15H22N6OS3. The third-order valence-corrected chi connectivity index (χ3v) is 5.55. The van der Waals surface area contributed by atoms with E-state index >= 15 is 0 Å². The fourth-order valence-corrected chi connectivity index (χ4v) is 3.95. The van der Waals surface area contributed by atoms with Crippen LogP contribution in [-0.2, 0) is 10.5 Å². The molecule has 0 saturated carbocycles. The topological polar surface area (TPSA) is 93.7 Å². The summed E-state index contributed by atoms with van der Waals surface area (Å²) in [5.74, 6) is 2.26. The van der Waals surface area contributed by atoms with E-state index in [1.165, 1.54) is 23.1 Å². The number of rotatable bonds is 9. The van der Waals surface area contributed by atoms with Crippen molar-refractivity contribution in [2.45, 2.75) is 19.6 Å². The number of carbonyl (C=O) groups is 1. The zero-order valence-corrected chi connectivity index (χ0v) is 17.0. The summed E-state index contributed by atoms with van der Waals surface area (Å²) in [6, 6.07) is 0. The molecular weight excluding hydrogens is 376 g/mol. The Kier molecular flexibility index (Phi) is 10.9. The Bertz CT molecular complexity index is 633. The van der Waals surface area contributed by atoms with Crippen molar-refractivity contribution < 1.29 is 4.79 Å². The molecule has 25 heavy (non-hydrogen) atoms. The number of nitrogens with zero attached hydrogens (tertiary/aromatic N) is 5. The molecule has 0 saturated heterocycles. The molecule has 1 N–H and O–H groups in total. The fraction of sp³-hybridized carbons (Fsp3) is 0.533. The lowest BCUT2D eigenvalue weighted by molar-refractivity contribution is -0.106. The smallest absolute Gasteiger partial charge is 0.234 e. The van der Waals surface area contributed by atoms with Crippen LogP contribution in [0.3, 0.4) is 0 Å². The Hall–Kier alpha value is -1.57. The first-order valence-electron chi connectivity index (χ1n) is 7.72. The minimum atomic E-state index is 0.570. The van der Waals surface area contributed by atoms with E-state index in [0.29, 0.717) is 24.0 Å². The summed E-state index contributed by atoms with van der Waals surface area (Å²) >= 11 is 4.65. The maximum absolute atomic E-state index is 10.8. The Morgan fingerprint density at radius 1 is 1.52 bits per heavy atom. The van der Waals surface area contributed by atoms with Crippen molar-refractivity contribution in [3.63, 3.8) is 0 Å². The van der Waals surface area contributed by atoms with Crippen LogP contribution in [0.2, 0.25) is 0 Å². The van der Waals surface area contributed by atoms with Crippen molar-refractivity contribution in [1.29, 1.82) is 5.26 Å². The molecule has 1 amide bonds. The number of aliphatic imine (C=N–C) groups is 2. The molecule has 0 atom stereocenters. The van der Waals surface area contributed by atoms with Gasteiger partial charge in [0.25, 0.3) is 0 Å². The van der Waals surface area contributed by atoms with E-state index in [-0.39, 0.29) is 0 Å². The minimum Gasteiger partial charge on any atom is -0.355 e. The first-order chi connectivity index (χ1) is 12.2. The number of nitriles is 1. The summed E-state index contributed by atoms with van der Waals surface area (Å²) < 4.78 is 0. The molecule has 0 aliphatic heterocycles. The minimum absolute atomic E-state index is 0.570. The monoisotopic (exact) mass is 398 g/mol. The summed E-state index contributed by atoms with van der Waals surface area (Å²) in [6.45, 7) is 6.25. The van der Waals surface area contributed by atoms with E-state index in [2.05, 4.69) is 20.3 Å². The molecule has 0 fully saturated rings. The predicted octanol–water partition coefficient (Wildman–Crippen LogP) is 2.41. The number of hydrogen-bond acceptors (Lipinski definition) is 7. The van der Waals surface area contributed by atoms with Gasteiger partial charge in [-0.25, -0.2) is 4.98 Å². The number of nitrogens with one attached hydrogen (secondary N) is 1. The van der Waals surface area contributed by atoms with Crippen LogP contribution in [0.1, 0.15) is 24.5 Å². The Morgan fingerprint density at radius 3 is 2.88 bits per heavy atom. The van der Waals surface area contributed by atoms with Crippen LogP contribution in [0.5, 0.6) is 0 Å². The highest BCUT2D eigenvalue weighted by Gasteiger charge is 2.14. The number of thioether (sulfide) groups is 2. The highest BCUT2D eigenvalue weighted by atomic mass is 32.2. The van der Waals surface area contributed by atoms with Crippen molar-refractivity contribution in [3.8, 4) is 6.19 Å². The van der Waals surface area contributed by atoms with Crippen LogP contribution in [-0.4, -0.2) is 58.9 Å². The molecule has 1 rings (SSSR count). The molecule has 10 heteroatoms. The van der Waals surface area contributed by atoms with E-state index in [1.807, 2.05) is 36.6 Å². The van der Waals surface area contributed by atoms with E-state index < -0.39 is 0 Å². The lowest BCUT2D eigenvalue weighted by Crippen LogP contribution is -2.31. The highest BCUT2D eigenvalue weighted by molar-refractivity contribution is 8.13. The molecule has 0 aliphatic rings. The van der Waals surface area contributed by atoms with Gasteiger partial charge in [0, 0.05) is 30.0 Å². The molecule has 7 nitrogen and oxygen atoms in total. The van der Waals surface area contributed by atoms with Crippen LogP contribution in [0.4, 0.5) is 0 Å². The van der Waals surface area contributed by atoms with Crippen LogP contribution in [0, 0.1) is 11.5 Å². The number of amidine groups is 2. The largest absolute Gasteiger partial charge is 0.355 e. The second-order valence-corrected chi connectivity index (χ2v) is 7.31. The van der Waals surface area contributed by atoms with Crippen molar-refractivity contribution in [3.05, 3.63) is 16.1 Å². The maximum atomic E-state index is 10.8. The average molecular weight is 399 g/mol. The summed E-state index contributed by atoms with van der Waals surface area (Å²) in [5.41, 5.74) is 0.972. The van der Waals surface area contributed by atoms with Gasteiger partial charge in [-0.3, -0.25) is 15.1 Å². The summed E-state index contributed by atoms with van der Waals surface area (Å²) in [4.78, 5) is 25.7. The second-order valence-electron chi connectivity index (χ2n) is 4.55. The predicted molar refractivity (Wildman–Crippen MR) is 108 cm³/mol. The average Bonchev–Trinajstić information content (AvgIpc) is 3.09. The van der Waals surface area contributed by atoms with Crippen LogP contribution < -0.4 is 5.32 Å². The lowest BCUT2D eigenvalue weighted by Gasteiger charge is -2.20. The lowest BCUT2D eigenvalue weighted by atomic mass is 10.4. The van der Waals surface area contributed by atoms with Gasteiger partial charge >= 0.3 is 0 Å². The van der Waals surface area contributed by atoms with Gasteiger partial charge in [0.05, 0.1) is 12.2 Å². The Balaban J connectivity index is 2.56. The van der Waals surface area contributed by atoms with Crippen LogP contribution in [0.25, 0.3) is 0 Å². The van der Waals surface area contributed by atoms with Crippen molar-refractivity contribution >= 4 is 52.3 Å². The van der Waals surface area contributed by atoms with Crippen LogP contribution >= 0.6 is 34.9 Å². The normalized spacial score (nSPS) is 11.9. The Morgan fingerprint density at radius 2 is 2.28 bits per heavy atom. The quantitative estimate of drug-likeness (QED) is 0.170.